The molecule has 0 spiro atoms. The maximum Gasteiger partial charge on any atom is 0.0725 e. The zero-order chi connectivity index (χ0) is 14.5. The summed E-state index contributed by atoms with van der Waals surface area (Å²) in [5, 5.41) is 8.01. The monoisotopic (exact) mass is 285 g/mol. The van der Waals surface area contributed by atoms with Gasteiger partial charge >= 0.3 is 0 Å². The van der Waals surface area contributed by atoms with Crippen molar-refractivity contribution in [2.75, 3.05) is 31.6 Å². The molecule has 0 radical (unpaired) electrons. The first kappa shape index (κ1) is 14.3. The molecule has 1 aromatic carbocycles. The number of fused-ring (bicyclic) bond motifs is 1. The topological polar surface area (TPSA) is 46.2 Å². The third-order valence-corrected chi connectivity index (χ3v) is 3.90. The van der Waals surface area contributed by atoms with E-state index in [2.05, 4.69) is 39.9 Å². The molecule has 1 aliphatic heterocycles. The Hall–Kier alpha value is -1.65. The molecule has 1 fully saturated rings. The lowest BCUT2D eigenvalue weighted by atomic mass is 10.1. The number of pyridine rings is 1. The van der Waals surface area contributed by atoms with Crippen molar-refractivity contribution in [3.05, 3.63) is 36.0 Å². The van der Waals surface area contributed by atoms with E-state index in [1.807, 2.05) is 13.0 Å². The van der Waals surface area contributed by atoms with Crippen LogP contribution in [-0.4, -0.2) is 37.3 Å². The zero-order valence-corrected chi connectivity index (χ0v) is 12.6. The van der Waals surface area contributed by atoms with Gasteiger partial charge in [0.2, 0.25) is 0 Å². The summed E-state index contributed by atoms with van der Waals surface area (Å²) in [6.45, 7) is 5.76. The predicted octanol–water partition coefficient (Wildman–Crippen LogP) is 2.72. The van der Waals surface area contributed by atoms with E-state index in [-0.39, 0.29) is 0 Å². The van der Waals surface area contributed by atoms with Crippen molar-refractivity contribution in [1.29, 1.82) is 0 Å². The Kier molecular flexibility index (Phi) is 4.68. The zero-order valence-electron chi connectivity index (χ0n) is 12.6. The highest BCUT2D eigenvalue weighted by Gasteiger charge is 2.12. The summed E-state index contributed by atoms with van der Waals surface area (Å²) in [4.78, 5) is 4.56. The van der Waals surface area contributed by atoms with Gasteiger partial charge in [-0.1, -0.05) is 18.2 Å². The van der Waals surface area contributed by atoms with Gasteiger partial charge < -0.3 is 15.4 Å². The molecule has 0 unspecified atom stereocenters. The number of rotatable bonds is 5. The van der Waals surface area contributed by atoms with Crippen molar-refractivity contribution in [2.45, 2.75) is 25.9 Å². The van der Waals surface area contributed by atoms with Gasteiger partial charge in [-0.05, 0) is 45.0 Å². The average Bonchev–Trinajstić information content (AvgIpc) is 2.52. The Labute approximate surface area is 125 Å². The normalized spacial score (nSPS) is 16.2. The van der Waals surface area contributed by atoms with Gasteiger partial charge in [-0.25, -0.2) is 0 Å². The number of nitrogens with one attached hydrogen (secondary N) is 2. The lowest BCUT2D eigenvalue weighted by molar-refractivity contribution is 0.0394. The Bertz CT molecular complexity index is 594. The lowest BCUT2D eigenvalue weighted by Crippen LogP contribution is -2.33. The van der Waals surface area contributed by atoms with Crippen molar-refractivity contribution in [3.63, 3.8) is 0 Å². The highest BCUT2D eigenvalue weighted by molar-refractivity contribution is 5.91. The predicted molar refractivity (Wildman–Crippen MR) is 86.8 cm³/mol. The van der Waals surface area contributed by atoms with Crippen LogP contribution in [0.15, 0.2) is 30.3 Å². The van der Waals surface area contributed by atoms with Crippen LogP contribution in [0.4, 0.5) is 5.69 Å². The van der Waals surface area contributed by atoms with E-state index >= 15 is 0 Å². The number of aromatic nitrogens is 1. The van der Waals surface area contributed by atoms with Gasteiger partial charge in [-0.15, -0.1) is 0 Å². The molecule has 112 valence electrons. The first-order valence-electron chi connectivity index (χ1n) is 7.75. The average molecular weight is 285 g/mol. The maximum atomic E-state index is 5.93. The quantitative estimate of drug-likeness (QED) is 0.829. The van der Waals surface area contributed by atoms with Gasteiger partial charge in [0.1, 0.15) is 0 Å². The van der Waals surface area contributed by atoms with Crippen molar-refractivity contribution >= 4 is 16.6 Å². The summed E-state index contributed by atoms with van der Waals surface area (Å²) in [6, 6.07) is 10.3. The van der Waals surface area contributed by atoms with Crippen LogP contribution >= 0.6 is 0 Å². The molecule has 0 aliphatic carbocycles. The molecule has 1 aromatic heterocycles. The molecule has 1 aliphatic rings. The molecule has 2 aromatic rings. The fourth-order valence-electron chi connectivity index (χ4n) is 2.83. The van der Waals surface area contributed by atoms with Crippen LogP contribution in [0, 0.1) is 6.92 Å². The number of anilines is 1. The van der Waals surface area contributed by atoms with Crippen LogP contribution in [0.5, 0.6) is 0 Å². The summed E-state index contributed by atoms with van der Waals surface area (Å²) in [7, 11) is 0. The Morgan fingerprint density at radius 3 is 2.95 bits per heavy atom. The molecule has 1 saturated heterocycles. The van der Waals surface area contributed by atoms with E-state index in [1.54, 1.807) is 0 Å². The Morgan fingerprint density at radius 2 is 2.10 bits per heavy atom. The summed E-state index contributed by atoms with van der Waals surface area (Å²) in [5.41, 5.74) is 3.22. The molecule has 0 bridgehead atoms. The highest BCUT2D eigenvalue weighted by atomic mass is 16.5. The number of nitrogens with zero attached hydrogens (tertiary/aromatic N) is 1. The number of para-hydroxylation sites is 1. The molecule has 21 heavy (non-hydrogen) atoms. The van der Waals surface area contributed by atoms with Gasteiger partial charge in [-0.3, -0.25) is 4.98 Å². The van der Waals surface area contributed by atoms with Crippen LogP contribution in [0.3, 0.4) is 0 Å². The number of benzene rings is 1. The number of aryl methyl sites for hydroxylation is 1. The molecule has 4 nitrogen and oxygen atoms in total. The van der Waals surface area contributed by atoms with Crippen molar-refractivity contribution in [1.82, 2.24) is 10.3 Å². The summed E-state index contributed by atoms with van der Waals surface area (Å²) < 4.78 is 5.93. The van der Waals surface area contributed by atoms with Crippen LogP contribution in [0.1, 0.15) is 18.5 Å². The second-order valence-corrected chi connectivity index (χ2v) is 5.58. The summed E-state index contributed by atoms with van der Waals surface area (Å²) in [5.74, 6) is 0. The number of hydrogen-bond donors (Lipinski definition) is 2. The number of ether oxygens (including phenoxy) is 1. The second-order valence-electron chi connectivity index (χ2n) is 5.58. The van der Waals surface area contributed by atoms with E-state index in [0.717, 1.165) is 56.0 Å². The SMILES string of the molecule is Cc1cc(NCCOC2CCNCC2)c2ccccc2n1. The molecule has 4 heteroatoms. The first-order chi connectivity index (χ1) is 10.3. The molecule has 0 amide bonds. The first-order valence-corrected chi connectivity index (χ1v) is 7.75. The van der Waals surface area contributed by atoms with Crippen molar-refractivity contribution in [3.8, 4) is 0 Å². The summed E-state index contributed by atoms with van der Waals surface area (Å²) >= 11 is 0. The molecular weight excluding hydrogens is 262 g/mol. The van der Waals surface area contributed by atoms with Crippen molar-refractivity contribution in [2.24, 2.45) is 0 Å². The fraction of sp³-hybridized carbons (Fsp3) is 0.471. The number of hydrogen-bond acceptors (Lipinski definition) is 4. The molecular formula is C17H23N3O. The molecule has 3 rings (SSSR count). The van der Waals surface area contributed by atoms with Gasteiger partial charge in [0, 0.05) is 23.3 Å². The van der Waals surface area contributed by atoms with Gasteiger partial charge in [0.25, 0.3) is 0 Å². The lowest BCUT2D eigenvalue weighted by Gasteiger charge is -2.23. The van der Waals surface area contributed by atoms with Crippen LogP contribution < -0.4 is 10.6 Å². The van der Waals surface area contributed by atoms with Crippen LogP contribution in [0.25, 0.3) is 10.9 Å². The molecule has 2 N–H and O–H groups in total. The standard InChI is InChI=1S/C17H23N3O/c1-13-12-17(15-4-2-3-5-16(15)20-13)19-10-11-21-14-6-8-18-9-7-14/h2-5,12,14,18H,6-11H2,1H3,(H,19,20). The van der Waals surface area contributed by atoms with Crippen molar-refractivity contribution < 1.29 is 4.74 Å². The Morgan fingerprint density at radius 1 is 1.29 bits per heavy atom. The minimum Gasteiger partial charge on any atom is -0.382 e. The van der Waals surface area contributed by atoms with Gasteiger partial charge in [-0.2, -0.15) is 0 Å². The van der Waals surface area contributed by atoms with E-state index < -0.39 is 0 Å². The third-order valence-electron chi connectivity index (χ3n) is 3.90. The van der Waals surface area contributed by atoms with Crippen LogP contribution in [0.2, 0.25) is 0 Å². The largest absolute Gasteiger partial charge is 0.382 e. The van der Waals surface area contributed by atoms with Gasteiger partial charge in [0.15, 0.2) is 0 Å². The Balaban J connectivity index is 1.57. The molecule has 0 saturated carbocycles. The molecule has 0 atom stereocenters. The van der Waals surface area contributed by atoms with Gasteiger partial charge in [0.05, 0.1) is 18.2 Å². The molecule has 2 heterocycles. The minimum absolute atomic E-state index is 0.420. The number of piperidine rings is 1. The minimum atomic E-state index is 0.420. The van der Waals surface area contributed by atoms with E-state index in [4.69, 9.17) is 4.74 Å². The fourth-order valence-corrected chi connectivity index (χ4v) is 2.83. The maximum absolute atomic E-state index is 5.93. The van der Waals surface area contributed by atoms with Crippen LogP contribution in [-0.2, 0) is 4.74 Å². The second kappa shape index (κ2) is 6.87. The summed E-state index contributed by atoms with van der Waals surface area (Å²) in [6.07, 6.45) is 2.66. The van der Waals surface area contributed by atoms with E-state index in [9.17, 15) is 0 Å². The van der Waals surface area contributed by atoms with E-state index in [1.165, 1.54) is 5.39 Å². The smallest absolute Gasteiger partial charge is 0.0725 e. The highest BCUT2D eigenvalue weighted by Crippen LogP contribution is 2.22. The van der Waals surface area contributed by atoms with E-state index in [0.29, 0.717) is 6.10 Å². The third kappa shape index (κ3) is 3.71.